The van der Waals surface area contributed by atoms with E-state index in [4.69, 9.17) is 24.1 Å². The molecule has 1 aromatic heterocycles. The second kappa shape index (κ2) is 10.5. The van der Waals surface area contributed by atoms with Crippen molar-refractivity contribution in [1.82, 2.24) is 10.5 Å². The number of hydroxylamine groups is 1. The van der Waals surface area contributed by atoms with Gasteiger partial charge in [-0.15, -0.1) is 0 Å². The molecule has 0 aliphatic carbocycles. The minimum Gasteiger partial charge on any atom is -0.497 e. The average molecular weight is 410 g/mol. The summed E-state index contributed by atoms with van der Waals surface area (Å²) < 4.78 is 16.6. The number of rotatable bonds is 10. The number of methoxy groups -OCH3 is 2. The molecule has 1 amide bonds. The lowest BCUT2D eigenvalue weighted by Crippen LogP contribution is -2.17. The Hall–Kier alpha value is -3.32. The molecular weight excluding hydrogens is 384 g/mol. The predicted molar refractivity (Wildman–Crippen MR) is 113 cm³/mol. The number of unbranched alkanes of at least 4 members (excludes halogenated alkanes) is 2. The molecule has 0 radical (unpaired) electrons. The van der Waals surface area contributed by atoms with Crippen LogP contribution in [0.4, 0.5) is 0 Å². The number of hydrogen-bond acceptors (Lipinski definition) is 6. The molecule has 0 saturated carbocycles. The zero-order chi connectivity index (χ0) is 21.3. The van der Waals surface area contributed by atoms with E-state index in [1.54, 1.807) is 19.7 Å². The highest BCUT2D eigenvalue weighted by atomic mass is 16.5. The van der Waals surface area contributed by atoms with Gasteiger partial charge < -0.3 is 13.9 Å². The number of benzene rings is 2. The van der Waals surface area contributed by atoms with Crippen molar-refractivity contribution < 1.29 is 23.9 Å². The molecule has 0 fully saturated rings. The lowest BCUT2D eigenvalue weighted by Gasteiger charge is -2.04. The number of amides is 1. The van der Waals surface area contributed by atoms with Gasteiger partial charge in [0.2, 0.25) is 5.91 Å². The van der Waals surface area contributed by atoms with Crippen LogP contribution in [-0.4, -0.2) is 30.3 Å². The lowest BCUT2D eigenvalue weighted by molar-refractivity contribution is -0.129. The Bertz CT molecular complexity index is 884. The van der Waals surface area contributed by atoms with Gasteiger partial charge in [0.15, 0.2) is 11.7 Å². The maximum absolute atomic E-state index is 11.1. The summed E-state index contributed by atoms with van der Waals surface area (Å²) in [5, 5.41) is 8.54. The Morgan fingerprint density at radius 2 is 1.53 bits per heavy atom. The van der Waals surface area contributed by atoms with Gasteiger partial charge in [-0.25, -0.2) is 10.5 Å². The number of ether oxygens (including phenoxy) is 2. The fourth-order valence-corrected chi connectivity index (χ4v) is 3.15. The van der Waals surface area contributed by atoms with Gasteiger partial charge in [-0.3, -0.25) is 10.0 Å². The molecule has 0 atom stereocenters. The summed E-state index contributed by atoms with van der Waals surface area (Å²) in [4.78, 5) is 15.8. The van der Waals surface area contributed by atoms with Crippen LogP contribution in [-0.2, 0) is 11.2 Å². The van der Waals surface area contributed by atoms with Crippen LogP contribution >= 0.6 is 0 Å². The Balaban J connectivity index is 1.80. The smallest absolute Gasteiger partial charge is 0.243 e. The number of carbonyl (C=O) groups excluding carboxylic acids is 1. The Morgan fingerprint density at radius 1 is 0.933 bits per heavy atom. The molecule has 0 bridgehead atoms. The van der Waals surface area contributed by atoms with Crippen molar-refractivity contribution in [2.24, 2.45) is 0 Å². The van der Waals surface area contributed by atoms with Gasteiger partial charge in [0.1, 0.15) is 17.2 Å². The second-order valence-corrected chi connectivity index (χ2v) is 6.84. The van der Waals surface area contributed by atoms with Gasteiger partial charge in [-0.05, 0) is 61.4 Å². The van der Waals surface area contributed by atoms with Crippen LogP contribution in [0.1, 0.15) is 31.6 Å². The summed E-state index contributed by atoms with van der Waals surface area (Å²) in [5.74, 6) is 2.54. The fourth-order valence-electron chi connectivity index (χ4n) is 3.15. The van der Waals surface area contributed by atoms with Crippen molar-refractivity contribution in [2.45, 2.75) is 32.1 Å². The Kier molecular flexibility index (Phi) is 7.45. The van der Waals surface area contributed by atoms with Crippen LogP contribution in [0.5, 0.6) is 11.5 Å². The van der Waals surface area contributed by atoms with Crippen molar-refractivity contribution in [3.63, 3.8) is 0 Å². The summed E-state index contributed by atoms with van der Waals surface area (Å²) >= 11 is 0. The van der Waals surface area contributed by atoms with Gasteiger partial charge in [-0.2, -0.15) is 0 Å². The molecule has 158 valence electrons. The SMILES string of the molecule is COc1ccc(-c2nc(CCCCCC(=O)NO)oc2-c2ccc(OC)cc2)cc1. The highest BCUT2D eigenvalue weighted by Gasteiger charge is 2.17. The highest BCUT2D eigenvalue weighted by Crippen LogP contribution is 2.34. The van der Waals surface area contributed by atoms with Crippen molar-refractivity contribution in [3.05, 3.63) is 54.4 Å². The normalized spacial score (nSPS) is 10.6. The van der Waals surface area contributed by atoms with Crippen molar-refractivity contribution in [3.8, 4) is 34.1 Å². The van der Waals surface area contributed by atoms with Gasteiger partial charge in [0.25, 0.3) is 0 Å². The third kappa shape index (κ3) is 5.39. The third-order valence-electron chi connectivity index (χ3n) is 4.81. The van der Waals surface area contributed by atoms with Crippen LogP contribution < -0.4 is 15.0 Å². The quantitative estimate of drug-likeness (QED) is 0.287. The predicted octanol–water partition coefficient (Wildman–Crippen LogP) is 4.63. The van der Waals surface area contributed by atoms with E-state index in [1.807, 2.05) is 48.5 Å². The van der Waals surface area contributed by atoms with Crippen molar-refractivity contribution in [1.29, 1.82) is 0 Å². The molecule has 0 spiro atoms. The number of aromatic nitrogens is 1. The average Bonchev–Trinajstić information content (AvgIpc) is 3.23. The van der Waals surface area contributed by atoms with Crippen LogP contribution in [0.2, 0.25) is 0 Å². The number of oxazole rings is 1. The van der Waals surface area contributed by atoms with Crippen LogP contribution in [0.25, 0.3) is 22.6 Å². The van der Waals surface area contributed by atoms with E-state index < -0.39 is 0 Å². The first kappa shape index (κ1) is 21.4. The van der Waals surface area contributed by atoms with E-state index in [-0.39, 0.29) is 5.91 Å². The summed E-state index contributed by atoms with van der Waals surface area (Å²) in [6.07, 6.45) is 3.34. The fraction of sp³-hybridized carbons (Fsp3) is 0.304. The molecule has 0 saturated heterocycles. The molecular formula is C23H26N2O5. The monoisotopic (exact) mass is 410 g/mol. The van der Waals surface area contributed by atoms with Crippen molar-refractivity contribution in [2.75, 3.05) is 14.2 Å². The number of aryl methyl sites for hydroxylation is 1. The first-order valence-corrected chi connectivity index (χ1v) is 9.86. The van der Waals surface area contributed by atoms with E-state index in [1.165, 1.54) is 0 Å². The van der Waals surface area contributed by atoms with Gasteiger partial charge in [0, 0.05) is 24.0 Å². The Morgan fingerprint density at radius 3 is 2.10 bits per heavy atom. The van der Waals surface area contributed by atoms with Gasteiger partial charge in [-0.1, -0.05) is 6.42 Å². The maximum Gasteiger partial charge on any atom is 0.243 e. The molecule has 2 N–H and O–H groups in total. The molecule has 30 heavy (non-hydrogen) atoms. The number of nitrogens with one attached hydrogen (secondary N) is 1. The summed E-state index contributed by atoms with van der Waals surface area (Å²) in [7, 11) is 3.27. The zero-order valence-electron chi connectivity index (χ0n) is 17.2. The molecule has 3 aromatic rings. The van der Waals surface area contributed by atoms with E-state index in [2.05, 4.69) is 0 Å². The van der Waals surface area contributed by atoms with Crippen LogP contribution in [0, 0.1) is 0 Å². The molecule has 7 heteroatoms. The highest BCUT2D eigenvalue weighted by molar-refractivity contribution is 5.77. The maximum atomic E-state index is 11.1. The first-order valence-electron chi connectivity index (χ1n) is 9.86. The summed E-state index contributed by atoms with van der Waals surface area (Å²) in [5.41, 5.74) is 4.28. The van der Waals surface area contributed by atoms with Crippen LogP contribution in [0.15, 0.2) is 52.9 Å². The largest absolute Gasteiger partial charge is 0.497 e. The number of nitrogens with zero attached hydrogens (tertiary/aromatic N) is 1. The van der Waals surface area contributed by atoms with E-state index in [0.717, 1.165) is 41.2 Å². The second-order valence-electron chi connectivity index (χ2n) is 6.84. The van der Waals surface area contributed by atoms with Gasteiger partial charge >= 0.3 is 0 Å². The van der Waals surface area contributed by atoms with E-state index in [9.17, 15) is 4.79 Å². The molecule has 2 aromatic carbocycles. The minimum atomic E-state index is -0.366. The zero-order valence-corrected chi connectivity index (χ0v) is 17.2. The molecule has 0 unspecified atom stereocenters. The topological polar surface area (TPSA) is 93.8 Å². The summed E-state index contributed by atoms with van der Waals surface area (Å²) in [6.45, 7) is 0. The minimum absolute atomic E-state index is 0.302. The Labute approximate surface area is 175 Å². The van der Waals surface area contributed by atoms with Crippen molar-refractivity contribution >= 4 is 5.91 Å². The number of carbonyl (C=O) groups is 1. The standard InChI is InChI=1S/C23H26N2O5/c1-28-18-12-8-16(9-13-18)22-23(17-10-14-19(29-2)15-11-17)30-21(24-22)7-5-3-4-6-20(26)25-27/h8-15,27H,3-7H2,1-2H3,(H,25,26). The number of hydrogen-bond donors (Lipinski definition) is 2. The van der Waals surface area contributed by atoms with Gasteiger partial charge in [0.05, 0.1) is 14.2 Å². The molecule has 3 rings (SSSR count). The van der Waals surface area contributed by atoms with E-state index in [0.29, 0.717) is 30.9 Å². The molecule has 0 aliphatic heterocycles. The third-order valence-corrected chi connectivity index (χ3v) is 4.81. The van der Waals surface area contributed by atoms with Crippen LogP contribution in [0.3, 0.4) is 0 Å². The first-order chi connectivity index (χ1) is 14.6. The molecule has 7 nitrogen and oxygen atoms in total. The van der Waals surface area contributed by atoms with E-state index >= 15 is 0 Å². The molecule has 1 heterocycles. The molecule has 0 aliphatic rings. The lowest BCUT2D eigenvalue weighted by atomic mass is 10.1. The summed E-state index contributed by atoms with van der Waals surface area (Å²) in [6, 6.07) is 15.4.